The summed E-state index contributed by atoms with van der Waals surface area (Å²) in [7, 11) is 1.63. The lowest BCUT2D eigenvalue weighted by Crippen LogP contribution is -2.62. The minimum Gasteiger partial charge on any atom is -0.391 e. The minimum absolute atomic E-state index is 0.0681. The van der Waals surface area contributed by atoms with Crippen LogP contribution in [-0.4, -0.2) is 102 Å². The quantitative estimate of drug-likeness (QED) is 0.188. The van der Waals surface area contributed by atoms with Gasteiger partial charge in [-0.2, -0.15) is 0 Å². The Morgan fingerprint density at radius 1 is 0.896 bits per heavy atom. The van der Waals surface area contributed by atoms with Gasteiger partial charge < -0.3 is 41.7 Å². The third kappa shape index (κ3) is 12.6. The smallest absolute Gasteiger partial charge is 0.245 e. The highest BCUT2D eigenvalue weighted by molar-refractivity contribution is 5.96. The maximum absolute atomic E-state index is 14.1. The molecule has 1 unspecified atom stereocenters. The second-order valence-electron chi connectivity index (χ2n) is 14.4. The number of likely N-dealkylation sites (N-methyl/N-ethyl adjacent to an activating group) is 1. The number of amides is 5. The van der Waals surface area contributed by atoms with Crippen molar-refractivity contribution in [2.24, 2.45) is 23.5 Å². The van der Waals surface area contributed by atoms with Gasteiger partial charge in [-0.05, 0) is 51.4 Å². The molecule has 7 N–H and O–H groups in total. The molecule has 5 amide bonds. The van der Waals surface area contributed by atoms with Crippen molar-refractivity contribution >= 4 is 29.5 Å². The van der Waals surface area contributed by atoms with Crippen molar-refractivity contribution in [3.05, 3.63) is 0 Å². The second-order valence-corrected chi connectivity index (χ2v) is 14.4. The molecule has 0 aromatic rings. The van der Waals surface area contributed by atoms with Gasteiger partial charge in [0.15, 0.2) is 0 Å². The number of ether oxygens (including phenoxy) is 1. The van der Waals surface area contributed by atoms with E-state index in [9.17, 15) is 29.1 Å². The van der Waals surface area contributed by atoms with Crippen LogP contribution in [0.15, 0.2) is 0 Å². The summed E-state index contributed by atoms with van der Waals surface area (Å²) in [6, 6.07) is -4.33. The average molecular weight is 681 g/mol. The van der Waals surface area contributed by atoms with E-state index in [1.165, 1.54) is 11.8 Å². The summed E-state index contributed by atoms with van der Waals surface area (Å²) in [4.78, 5) is 70.0. The molecule has 0 spiro atoms. The van der Waals surface area contributed by atoms with Crippen LogP contribution >= 0.6 is 0 Å². The fourth-order valence-electron chi connectivity index (χ4n) is 6.70. The van der Waals surface area contributed by atoms with Gasteiger partial charge in [0, 0.05) is 20.1 Å². The Balaban J connectivity index is 2.55. The highest BCUT2D eigenvalue weighted by Crippen LogP contribution is 2.28. The maximum atomic E-state index is 14.1. The SMILES string of the molecule is CCCCCC[C@H]1O[C@H](C)CNC(=O)[C@H](C(C)O)NC(=O)[C@H](CN)NC(=O)[C@H](C2CCCCC2)NC(=O)[C@H](CC(C)C)N(C)C(=O)[C@@H]1C. The zero-order valence-electron chi connectivity index (χ0n) is 30.4. The van der Waals surface area contributed by atoms with E-state index in [-0.39, 0.29) is 30.8 Å². The summed E-state index contributed by atoms with van der Waals surface area (Å²) in [5, 5.41) is 21.4. The van der Waals surface area contributed by atoms with E-state index in [2.05, 4.69) is 28.2 Å². The number of carbonyl (C=O) groups is 5. The molecule has 48 heavy (non-hydrogen) atoms. The maximum Gasteiger partial charge on any atom is 0.245 e. The van der Waals surface area contributed by atoms with E-state index in [4.69, 9.17) is 10.5 Å². The number of rotatable bonds is 10. The third-order valence-corrected chi connectivity index (χ3v) is 9.71. The highest BCUT2D eigenvalue weighted by atomic mass is 16.5. The number of aliphatic hydroxyl groups is 1. The standard InChI is InChI=1S/C35H64N6O7/c1-8-9-10-14-17-28-23(5)35(47)41(7)27(18-21(2)3)32(44)40-30(25-15-12-11-13-16-25)34(46)38-26(19-36)31(43)39-29(24(6)42)33(45)37-20-22(4)48-28/h21-30,42H,8-20,36H2,1-7H3,(H,37,45)(H,38,46)(H,39,43)(H,40,44)/t22-,23-,24?,26+,27+,28-,29+,30+/m1/s1. The molecule has 1 aliphatic carbocycles. The largest absolute Gasteiger partial charge is 0.391 e. The van der Waals surface area contributed by atoms with Crippen LogP contribution in [0, 0.1) is 17.8 Å². The molecule has 0 radical (unpaired) electrons. The third-order valence-electron chi connectivity index (χ3n) is 9.71. The minimum atomic E-state index is -1.32. The molecule has 1 saturated heterocycles. The molecule has 0 aromatic heterocycles. The molecule has 0 bridgehead atoms. The molecular formula is C35H64N6O7. The molecule has 13 nitrogen and oxygen atoms in total. The van der Waals surface area contributed by atoms with E-state index in [1.807, 2.05) is 20.8 Å². The normalized spacial score (nSPS) is 30.4. The zero-order chi connectivity index (χ0) is 36.0. The number of nitrogens with one attached hydrogen (secondary N) is 4. The van der Waals surface area contributed by atoms with E-state index in [0.717, 1.165) is 57.8 Å². The zero-order valence-corrected chi connectivity index (χ0v) is 30.4. The first kappa shape index (κ1) is 41.4. The molecule has 2 rings (SSSR count). The molecular weight excluding hydrogens is 616 g/mol. The average Bonchev–Trinajstić information content (AvgIpc) is 3.05. The summed E-state index contributed by atoms with van der Waals surface area (Å²) in [6.45, 7) is 10.9. The molecule has 0 aromatic carbocycles. The number of unbranched alkanes of at least 4 members (excludes halogenated alkanes) is 3. The predicted molar refractivity (Wildman–Crippen MR) is 184 cm³/mol. The van der Waals surface area contributed by atoms with Crippen molar-refractivity contribution in [3.63, 3.8) is 0 Å². The summed E-state index contributed by atoms with van der Waals surface area (Å²) in [5.74, 6) is -3.27. The fraction of sp³-hybridized carbons (Fsp3) is 0.857. The number of hydrogen-bond donors (Lipinski definition) is 6. The van der Waals surface area contributed by atoms with Crippen LogP contribution in [0.25, 0.3) is 0 Å². The van der Waals surface area contributed by atoms with Crippen LogP contribution in [-0.2, 0) is 28.7 Å². The Labute approximate surface area is 287 Å². The Hall–Kier alpha value is -2.77. The molecule has 2 aliphatic rings. The lowest BCUT2D eigenvalue weighted by atomic mass is 9.83. The molecule has 1 saturated carbocycles. The van der Waals surface area contributed by atoms with Gasteiger partial charge in [0.25, 0.3) is 0 Å². The van der Waals surface area contributed by atoms with Gasteiger partial charge in [-0.25, -0.2) is 0 Å². The Morgan fingerprint density at radius 2 is 1.56 bits per heavy atom. The summed E-state index contributed by atoms with van der Waals surface area (Å²) >= 11 is 0. The lowest BCUT2D eigenvalue weighted by Gasteiger charge is -2.36. The monoisotopic (exact) mass is 680 g/mol. The van der Waals surface area contributed by atoms with Gasteiger partial charge in [0.05, 0.1) is 24.2 Å². The van der Waals surface area contributed by atoms with Gasteiger partial charge >= 0.3 is 0 Å². The Morgan fingerprint density at radius 3 is 2.15 bits per heavy atom. The first-order chi connectivity index (χ1) is 22.7. The lowest BCUT2D eigenvalue weighted by molar-refractivity contribution is -0.148. The van der Waals surface area contributed by atoms with Gasteiger partial charge in [0.2, 0.25) is 29.5 Å². The van der Waals surface area contributed by atoms with Crippen molar-refractivity contribution in [1.82, 2.24) is 26.2 Å². The highest BCUT2D eigenvalue weighted by Gasteiger charge is 2.39. The van der Waals surface area contributed by atoms with Crippen LogP contribution in [0.1, 0.15) is 112 Å². The van der Waals surface area contributed by atoms with Crippen molar-refractivity contribution in [2.75, 3.05) is 20.1 Å². The Bertz CT molecular complexity index is 1050. The van der Waals surface area contributed by atoms with Crippen molar-refractivity contribution in [2.45, 2.75) is 155 Å². The Kier molecular flexibility index (Phi) is 17.8. The predicted octanol–water partition coefficient (Wildman–Crippen LogP) is 1.74. The summed E-state index contributed by atoms with van der Waals surface area (Å²) in [6.07, 6.45) is 7.01. The second kappa shape index (κ2) is 20.7. The number of hydrogen-bond acceptors (Lipinski definition) is 8. The first-order valence-electron chi connectivity index (χ1n) is 18.2. The fourth-order valence-corrected chi connectivity index (χ4v) is 6.70. The molecule has 13 heteroatoms. The van der Waals surface area contributed by atoms with Crippen LogP contribution in [0.4, 0.5) is 0 Å². The van der Waals surface area contributed by atoms with Crippen LogP contribution in [0.2, 0.25) is 0 Å². The molecule has 8 atom stereocenters. The number of carbonyl (C=O) groups excluding carboxylic acids is 5. The van der Waals surface area contributed by atoms with Crippen molar-refractivity contribution in [1.29, 1.82) is 0 Å². The first-order valence-corrected chi connectivity index (χ1v) is 18.2. The van der Waals surface area contributed by atoms with Gasteiger partial charge in [-0.15, -0.1) is 0 Å². The van der Waals surface area contributed by atoms with Crippen LogP contribution in [0.3, 0.4) is 0 Å². The van der Waals surface area contributed by atoms with E-state index >= 15 is 0 Å². The number of aliphatic hydroxyl groups excluding tert-OH is 1. The topological polar surface area (TPSA) is 192 Å². The molecule has 1 heterocycles. The van der Waals surface area contributed by atoms with E-state index < -0.39 is 72.0 Å². The number of nitrogens with two attached hydrogens (primary N) is 1. The van der Waals surface area contributed by atoms with Crippen molar-refractivity contribution < 1.29 is 33.8 Å². The van der Waals surface area contributed by atoms with E-state index in [0.29, 0.717) is 12.8 Å². The molecule has 276 valence electrons. The summed E-state index contributed by atoms with van der Waals surface area (Å²) in [5.41, 5.74) is 5.92. The van der Waals surface area contributed by atoms with E-state index in [1.54, 1.807) is 14.0 Å². The van der Waals surface area contributed by atoms with Crippen LogP contribution < -0.4 is 27.0 Å². The molecule has 1 aliphatic heterocycles. The van der Waals surface area contributed by atoms with Crippen LogP contribution in [0.5, 0.6) is 0 Å². The van der Waals surface area contributed by atoms with Crippen molar-refractivity contribution in [3.8, 4) is 0 Å². The van der Waals surface area contributed by atoms with Gasteiger partial charge in [-0.3, -0.25) is 24.0 Å². The summed E-state index contributed by atoms with van der Waals surface area (Å²) < 4.78 is 6.40. The van der Waals surface area contributed by atoms with Gasteiger partial charge in [0.1, 0.15) is 24.2 Å². The van der Waals surface area contributed by atoms with Gasteiger partial charge in [-0.1, -0.05) is 72.6 Å². The number of nitrogens with zero attached hydrogens (tertiary/aromatic N) is 1. The molecule has 2 fully saturated rings.